The van der Waals surface area contributed by atoms with Gasteiger partial charge in [-0.25, -0.2) is 18.7 Å². The van der Waals surface area contributed by atoms with Crippen LogP contribution in [0.1, 0.15) is 10.4 Å². The predicted octanol–water partition coefficient (Wildman–Crippen LogP) is 5.73. The average molecular weight is 420 g/mol. The third-order valence-corrected chi connectivity index (χ3v) is 4.50. The molecule has 0 bridgehead atoms. The van der Waals surface area contributed by atoms with Gasteiger partial charge in [-0.3, -0.25) is 4.79 Å². The van der Waals surface area contributed by atoms with E-state index >= 15 is 0 Å². The second-order valence-corrected chi connectivity index (χ2v) is 6.51. The van der Waals surface area contributed by atoms with E-state index in [0.29, 0.717) is 16.8 Å². The highest BCUT2D eigenvalue weighted by atomic mass is 35.5. The lowest BCUT2D eigenvalue weighted by Gasteiger charge is -2.05. The molecule has 0 saturated heterocycles. The Bertz CT molecular complexity index is 1230. The summed E-state index contributed by atoms with van der Waals surface area (Å²) in [5, 5.41) is 2.73. The summed E-state index contributed by atoms with van der Waals surface area (Å²) in [5.41, 5.74) is 1.55. The molecule has 0 radical (unpaired) electrons. The van der Waals surface area contributed by atoms with Crippen molar-refractivity contribution in [3.05, 3.63) is 76.0 Å². The number of carbonyl (C=O) groups excluding carboxylic acids is 1. The highest BCUT2D eigenvalue weighted by Crippen LogP contribution is 2.32. The molecular weight excluding hydrogens is 411 g/mol. The maximum Gasteiger partial charge on any atom is 0.258 e. The number of carbonyl (C=O) groups is 1. The van der Waals surface area contributed by atoms with Crippen LogP contribution in [-0.4, -0.2) is 15.9 Å². The van der Waals surface area contributed by atoms with Crippen LogP contribution in [0.2, 0.25) is 10.2 Å². The van der Waals surface area contributed by atoms with E-state index in [-0.39, 0.29) is 27.2 Å². The van der Waals surface area contributed by atoms with Gasteiger partial charge in [0.1, 0.15) is 10.7 Å². The van der Waals surface area contributed by atoms with Crippen LogP contribution in [0, 0.1) is 11.6 Å². The second kappa shape index (κ2) is 7.18. The van der Waals surface area contributed by atoms with Gasteiger partial charge >= 0.3 is 0 Å². The van der Waals surface area contributed by atoms with E-state index in [0.717, 1.165) is 12.1 Å². The fraction of sp³-hybridized carbons (Fsp3) is 0. The number of halogens is 4. The van der Waals surface area contributed by atoms with Crippen LogP contribution < -0.4 is 5.32 Å². The molecule has 0 spiro atoms. The Morgan fingerprint density at radius 2 is 1.86 bits per heavy atom. The molecule has 0 fully saturated rings. The number of anilines is 1. The molecule has 0 atom stereocenters. The molecule has 2 aromatic carbocycles. The SMILES string of the molecule is O=C(Nc1ccc2oc(-c3cc(F)c(F)cc3Cl)nc2c1)c1cccnc1Cl. The lowest BCUT2D eigenvalue weighted by atomic mass is 10.2. The Morgan fingerprint density at radius 3 is 2.64 bits per heavy atom. The van der Waals surface area contributed by atoms with E-state index in [2.05, 4.69) is 15.3 Å². The van der Waals surface area contributed by atoms with E-state index < -0.39 is 17.5 Å². The molecule has 28 heavy (non-hydrogen) atoms. The molecule has 2 heterocycles. The molecule has 0 aliphatic heterocycles. The summed E-state index contributed by atoms with van der Waals surface area (Å²) in [5.74, 6) is -2.55. The fourth-order valence-corrected chi connectivity index (χ4v) is 3.00. The number of pyridine rings is 1. The summed E-state index contributed by atoms with van der Waals surface area (Å²) in [7, 11) is 0. The predicted molar refractivity (Wildman–Crippen MR) is 102 cm³/mol. The van der Waals surface area contributed by atoms with E-state index in [1.807, 2.05) is 0 Å². The number of hydrogen-bond donors (Lipinski definition) is 1. The first-order valence-corrected chi connectivity index (χ1v) is 8.65. The van der Waals surface area contributed by atoms with Gasteiger partial charge in [-0.2, -0.15) is 0 Å². The highest BCUT2D eigenvalue weighted by Gasteiger charge is 2.17. The van der Waals surface area contributed by atoms with Gasteiger partial charge in [-0.05, 0) is 42.5 Å². The van der Waals surface area contributed by atoms with Crippen molar-refractivity contribution in [1.82, 2.24) is 9.97 Å². The Hall–Kier alpha value is -3.03. The fourth-order valence-electron chi connectivity index (χ4n) is 2.56. The summed E-state index contributed by atoms with van der Waals surface area (Å²) >= 11 is 11.9. The first-order valence-electron chi connectivity index (χ1n) is 7.90. The number of benzene rings is 2. The van der Waals surface area contributed by atoms with Crippen LogP contribution in [0.15, 0.2) is 53.1 Å². The van der Waals surface area contributed by atoms with Crippen LogP contribution >= 0.6 is 23.2 Å². The number of nitrogens with one attached hydrogen (secondary N) is 1. The normalized spacial score (nSPS) is 11.0. The quantitative estimate of drug-likeness (QED) is 0.340. The average Bonchev–Trinajstić information content (AvgIpc) is 3.08. The van der Waals surface area contributed by atoms with Gasteiger partial charge < -0.3 is 9.73 Å². The molecule has 9 heteroatoms. The maximum atomic E-state index is 13.5. The molecular formula is C19H9Cl2F2N3O2. The number of fused-ring (bicyclic) bond motifs is 1. The van der Waals surface area contributed by atoms with Crippen molar-refractivity contribution >= 4 is 45.9 Å². The Kier molecular flexibility index (Phi) is 4.70. The number of aromatic nitrogens is 2. The van der Waals surface area contributed by atoms with Crippen molar-refractivity contribution in [3.8, 4) is 11.5 Å². The van der Waals surface area contributed by atoms with Gasteiger partial charge in [0.2, 0.25) is 5.89 Å². The van der Waals surface area contributed by atoms with E-state index in [9.17, 15) is 13.6 Å². The molecule has 140 valence electrons. The zero-order chi connectivity index (χ0) is 19.8. The van der Waals surface area contributed by atoms with Crippen LogP contribution in [0.25, 0.3) is 22.6 Å². The molecule has 2 aromatic heterocycles. The zero-order valence-electron chi connectivity index (χ0n) is 13.8. The van der Waals surface area contributed by atoms with E-state index in [4.69, 9.17) is 27.6 Å². The minimum absolute atomic E-state index is 0.0256. The molecule has 4 aromatic rings. The van der Waals surface area contributed by atoms with Crippen molar-refractivity contribution in [3.63, 3.8) is 0 Å². The van der Waals surface area contributed by atoms with Gasteiger partial charge in [0.25, 0.3) is 5.91 Å². The smallest absolute Gasteiger partial charge is 0.258 e. The van der Waals surface area contributed by atoms with E-state index in [1.54, 1.807) is 30.3 Å². The lowest BCUT2D eigenvalue weighted by molar-refractivity contribution is 0.102. The molecule has 0 saturated carbocycles. The maximum absolute atomic E-state index is 13.5. The zero-order valence-corrected chi connectivity index (χ0v) is 15.4. The number of rotatable bonds is 3. The number of hydrogen-bond acceptors (Lipinski definition) is 4. The van der Waals surface area contributed by atoms with Crippen molar-refractivity contribution in [2.75, 3.05) is 5.32 Å². The van der Waals surface area contributed by atoms with Crippen molar-refractivity contribution in [1.29, 1.82) is 0 Å². The molecule has 0 aliphatic carbocycles. The van der Waals surface area contributed by atoms with Gasteiger partial charge in [0.15, 0.2) is 17.2 Å². The second-order valence-electron chi connectivity index (χ2n) is 5.74. The summed E-state index contributed by atoms with van der Waals surface area (Å²) in [6.45, 7) is 0. The first-order chi connectivity index (χ1) is 13.4. The monoisotopic (exact) mass is 419 g/mol. The molecule has 0 unspecified atom stereocenters. The van der Waals surface area contributed by atoms with Crippen molar-refractivity contribution < 1.29 is 18.0 Å². The number of amides is 1. The van der Waals surface area contributed by atoms with Gasteiger partial charge in [-0.1, -0.05) is 23.2 Å². The minimum atomic E-state index is -1.07. The van der Waals surface area contributed by atoms with Crippen molar-refractivity contribution in [2.45, 2.75) is 0 Å². The summed E-state index contributed by atoms with van der Waals surface area (Å²) < 4.78 is 32.4. The minimum Gasteiger partial charge on any atom is -0.436 e. The van der Waals surface area contributed by atoms with E-state index in [1.165, 1.54) is 6.20 Å². The number of oxazole rings is 1. The van der Waals surface area contributed by atoms with Gasteiger partial charge in [0, 0.05) is 11.9 Å². The molecule has 0 aliphatic rings. The Labute approximate surface area is 166 Å². The van der Waals surface area contributed by atoms with Crippen LogP contribution in [0.4, 0.5) is 14.5 Å². The lowest BCUT2D eigenvalue weighted by Crippen LogP contribution is -2.12. The van der Waals surface area contributed by atoms with Crippen molar-refractivity contribution in [2.24, 2.45) is 0 Å². The highest BCUT2D eigenvalue weighted by molar-refractivity contribution is 6.33. The Balaban J connectivity index is 1.67. The first kappa shape index (κ1) is 18.3. The van der Waals surface area contributed by atoms with Crippen LogP contribution in [0.5, 0.6) is 0 Å². The topological polar surface area (TPSA) is 68.0 Å². The largest absolute Gasteiger partial charge is 0.436 e. The standard InChI is InChI=1S/C19H9Cl2F2N3O2/c20-12-8-14(23)13(22)7-11(12)19-26-15-6-9(3-4-16(15)28-19)25-18(27)10-2-1-5-24-17(10)21/h1-8H,(H,25,27). The summed E-state index contributed by atoms with van der Waals surface area (Å²) in [6.07, 6.45) is 1.48. The van der Waals surface area contributed by atoms with Gasteiger partial charge in [0.05, 0.1) is 16.1 Å². The molecule has 1 N–H and O–H groups in total. The summed E-state index contributed by atoms with van der Waals surface area (Å²) in [4.78, 5) is 20.4. The molecule has 4 rings (SSSR count). The third-order valence-electron chi connectivity index (χ3n) is 3.89. The molecule has 5 nitrogen and oxygen atoms in total. The number of nitrogens with zero attached hydrogens (tertiary/aromatic N) is 2. The summed E-state index contributed by atoms with van der Waals surface area (Å²) in [6, 6.07) is 9.66. The third kappa shape index (κ3) is 3.42. The molecule has 1 amide bonds. The van der Waals surface area contributed by atoms with Crippen LogP contribution in [0.3, 0.4) is 0 Å². The van der Waals surface area contributed by atoms with Crippen LogP contribution in [-0.2, 0) is 0 Å². The van der Waals surface area contributed by atoms with Gasteiger partial charge in [-0.15, -0.1) is 0 Å². The Morgan fingerprint density at radius 1 is 1.07 bits per heavy atom.